The third-order valence-electron chi connectivity index (χ3n) is 4.91. The molecule has 4 rings (SSSR count). The fraction of sp³-hybridized carbons (Fsp3) is 0.0800. The number of carbonyl (C=O) groups excluding carboxylic acids is 1. The van der Waals surface area contributed by atoms with Crippen LogP contribution in [-0.4, -0.2) is 22.7 Å². The number of hydrazone groups is 1. The zero-order valence-electron chi connectivity index (χ0n) is 17.2. The van der Waals surface area contributed by atoms with Gasteiger partial charge in [0.1, 0.15) is 12.4 Å². The summed E-state index contributed by atoms with van der Waals surface area (Å²) in [7, 11) is 0. The highest BCUT2D eigenvalue weighted by Crippen LogP contribution is 2.30. The van der Waals surface area contributed by atoms with E-state index in [9.17, 15) is 14.7 Å². The number of ether oxygens (including phenoxy) is 1. The number of hydrogen-bond acceptors (Lipinski definition) is 4. The molecule has 0 saturated heterocycles. The van der Waals surface area contributed by atoms with Crippen LogP contribution in [0.2, 0.25) is 0 Å². The maximum atomic E-state index is 13.1. The molecule has 0 unspecified atom stereocenters. The minimum absolute atomic E-state index is 0.0872. The van der Waals surface area contributed by atoms with Gasteiger partial charge >= 0.3 is 5.97 Å². The lowest BCUT2D eigenvalue weighted by atomic mass is 10.1. The maximum Gasteiger partial charge on any atom is 0.335 e. The van der Waals surface area contributed by atoms with Crippen molar-refractivity contribution in [1.82, 2.24) is 0 Å². The smallest absolute Gasteiger partial charge is 0.335 e. The van der Waals surface area contributed by atoms with Crippen LogP contribution in [0.15, 0.2) is 87.9 Å². The van der Waals surface area contributed by atoms with Gasteiger partial charge in [-0.2, -0.15) is 10.1 Å². The van der Waals surface area contributed by atoms with E-state index in [0.29, 0.717) is 29.3 Å². The second kappa shape index (κ2) is 9.20. The predicted octanol–water partition coefficient (Wildman–Crippen LogP) is 5.53. The fourth-order valence-electron chi connectivity index (χ4n) is 3.28. The zero-order chi connectivity index (χ0) is 22.7. The number of rotatable bonds is 6. The lowest BCUT2D eigenvalue weighted by molar-refractivity contribution is -0.114. The Labute approximate surface area is 193 Å². The van der Waals surface area contributed by atoms with Gasteiger partial charge in [0.2, 0.25) is 0 Å². The van der Waals surface area contributed by atoms with Gasteiger partial charge in [0.05, 0.1) is 22.5 Å². The van der Waals surface area contributed by atoms with E-state index in [4.69, 9.17) is 4.74 Å². The van der Waals surface area contributed by atoms with Crippen molar-refractivity contribution in [1.29, 1.82) is 0 Å². The van der Waals surface area contributed by atoms with Gasteiger partial charge in [-0.05, 0) is 55.0 Å². The Morgan fingerprint density at radius 2 is 1.88 bits per heavy atom. The first-order valence-corrected chi connectivity index (χ1v) is 10.6. The summed E-state index contributed by atoms with van der Waals surface area (Å²) < 4.78 is 6.87. The largest absolute Gasteiger partial charge is 0.488 e. The molecule has 0 spiro atoms. The molecule has 7 heteroatoms. The first kappa shape index (κ1) is 21.5. The Morgan fingerprint density at radius 1 is 1.09 bits per heavy atom. The van der Waals surface area contributed by atoms with Crippen molar-refractivity contribution in [3.05, 3.63) is 99.5 Å². The number of amides is 1. The number of halogens is 1. The Morgan fingerprint density at radius 3 is 2.62 bits per heavy atom. The van der Waals surface area contributed by atoms with Crippen LogP contribution in [0.3, 0.4) is 0 Å². The summed E-state index contributed by atoms with van der Waals surface area (Å²) in [5.74, 6) is -0.764. The van der Waals surface area contributed by atoms with E-state index in [2.05, 4.69) is 21.0 Å². The Bertz CT molecular complexity index is 1250. The molecule has 0 aromatic heterocycles. The summed E-state index contributed by atoms with van der Waals surface area (Å²) in [5.41, 5.74) is 3.19. The molecule has 0 atom stereocenters. The van der Waals surface area contributed by atoms with E-state index in [0.717, 1.165) is 15.6 Å². The molecule has 0 bridgehead atoms. The monoisotopic (exact) mass is 490 g/mol. The zero-order valence-corrected chi connectivity index (χ0v) is 18.7. The lowest BCUT2D eigenvalue weighted by Crippen LogP contribution is -2.21. The number of benzene rings is 3. The number of carboxylic acid groups (broad SMARTS) is 1. The molecule has 1 aliphatic heterocycles. The van der Waals surface area contributed by atoms with Gasteiger partial charge in [0, 0.05) is 10.0 Å². The molecule has 0 saturated carbocycles. The highest BCUT2D eigenvalue weighted by atomic mass is 79.9. The Balaban J connectivity index is 1.63. The van der Waals surface area contributed by atoms with Gasteiger partial charge in [0.25, 0.3) is 5.91 Å². The molecular weight excluding hydrogens is 472 g/mol. The highest BCUT2D eigenvalue weighted by molar-refractivity contribution is 9.10. The molecule has 3 aromatic rings. The summed E-state index contributed by atoms with van der Waals surface area (Å²) in [6.45, 7) is 2.14. The van der Waals surface area contributed by atoms with E-state index in [1.807, 2.05) is 48.5 Å². The van der Waals surface area contributed by atoms with Crippen LogP contribution < -0.4 is 9.75 Å². The van der Waals surface area contributed by atoms with Gasteiger partial charge in [-0.3, -0.25) is 4.79 Å². The van der Waals surface area contributed by atoms with Crippen LogP contribution in [0.5, 0.6) is 5.75 Å². The highest BCUT2D eigenvalue weighted by Gasteiger charge is 2.29. The molecule has 32 heavy (non-hydrogen) atoms. The molecule has 1 heterocycles. The van der Waals surface area contributed by atoms with Crippen molar-refractivity contribution in [2.75, 3.05) is 5.01 Å². The maximum absolute atomic E-state index is 13.1. The van der Waals surface area contributed by atoms with Gasteiger partial charge in [-0.1, -0.05) is 52.3 Å². The van der Waals surface area contributed by atoms with Crippen molar-refractivity contribution in [3.63, 3.8) is 0 Å². The second-order valence-corrected chi connectivity index (χ2v) is 8.09. The number of carbonyl (C=O) groups is 2. The van der Waals surface area contributed by atoms with Gasteiger partial charge in [0.15, 0.2) is 0 Å². The summed E-state index contributed by atoms with van der Waals surface area (Å²) in [6, 6.07) is 21.6. The van der Waals surface area contributed by atoms with E-state index in [1.54, 1.807) is 25.1 Å². The van der Waals surface area contributed by atoms with E-state index < -0.39 is 5.97 Å². The number of nitrogens with zero attached hydrogens (tertiary/aromatic N) is 2. The number of hydrogen-bond donors (Lipinski definition) is 1. The summed E-state index contributed by atoms with van der Waals surface area (Å²) in [6.07, 6.45) is 1.74. The fourth-order valence-corrected chi connectivity index (χ4v) is 3.66. The third kappa shape index (κ3) is 4.63. The van der Waals surface area contributed by atoms with Crippen LogP contribution >= 0.6 is 15.9 Å². The third-order valence-corrected chi connectivity index (χ3v) is 5.40. The molecular formula is C25H19BrN2O4. The molecule has 1 aliphatic rings. The van der Waals surface area contributed by atoms with Crippen LogP contribution in [-0.2, 0) is 11.4 Å². The normalized spacial score (nSPS) is 14.6. The molecule has 160 valence electrons. The number of anilines is 1. The van der Waals surface area contributed by atoms with Crippen molar-refractivity contribution in [3.8, 4) is 5.75 Å². The minimum Gasteiger partial charge on any atom is -0.488 e. The van der Waals surface area contributed by atoms with Crippen LogP contribution in [0.4, 0.5) is 5.69 Å². The quantitative estimate of drug-likeness (QED) is 0.460. The van der Waals surface area contributed by atoms with Gasteiger partial charge in [-0.25, -0.2) is 4.79 Å². The Hall–Kier alpha value is -3.71. The Kier molecular flexibility index (Phi) is 6.18. The average molecular weight is 491 g/mol. The van der Waals surface area contributed by atoms with Gasteiger partial charge < -0.3 is 9.84 Å². The van der Waals surface area contributed by atoms with Crippen LogP contribution in [0.25, 0.3) is 6.08 Å². The second-order valence-electron chi connectivity index (χ2n) is 7.17. The molecule has 1 N–H and O–H groups in total. The predicted molar refractivity (Wildman–Crippen MR) is 127 cm³/mol. The van der Waals surface area contributed by atoms with Crippen molar-refractivity contribution >= 4 is 45.3 Å². The molecule has 0 radical (unpaired) electrons. The van der Waals surface area contributed by atoms with Crippen LogP contribution in [0.1, 0.15) is 28.4 Å². The molecule has 3 aromatic carbocycles. The van der Waals surface area contributed by atoms with Gasteiger partial charge in [-0.15, -0.1) is 0 Å². The van der Waals surface area contributed by atoms with Crippen molar-refractivity contribution in [2.24, 2.45) is 5.10 Å². The van der Waals surface area contributed by atoms with Crippen molar-refractivity contribution < 1.29 is 19.4 Å². The summed E-state index contributed by atoms with van der Waals surface area (Å²) in [5, 5.41) is 14.8. The number of carboxylic acids is 1. The minimum atomic E-state index is -1.07. The SMILES string of the molecule is CC1=NN(c2cccc(C(=O)O)c2)C(=O)/C1=C/c1cc(Br)ccc1OCc1ccccc1. The number of aromatic carboxylic acids is 1. The van der Waals surface area contributed by atoms with E-state index in [1.165, 1.54) is 17.1 Å². The molecule has 6 nitrogen and oxygen atoms in total. The molecule has 0 fully saturated rings. The lowest BCUT2D eigenvalue weighted by Gasteiger charge is -2.13. The standard InChI is InChI=1S/C25H19BrN2O4/c1-16-22(24(29)28(27-16)21-9-5-8-18(13-21)25(30)31)14-19-12-20(26)10-11-23(19)32-15-17-6-3-2-4-7-17/h2-14H,15H2,1H3,(H,30,31)/b22-14+. The molecule has 0 aliphatic carbocycles. The van der Waals surface area contributed by atoms with Crippen molar-refractivity contribution in [2.45, 2.75) is 13.5 Å². The summed E-state index contributed by atoms with van der Waals surface area (Å²) >= 11 is 3.48. The first-order valence-electron chi connectivity index (χ1n) is 9.84. The average Bonchev–Trinajstić information content (AvgIpc) is 3.07. The first-order chi connectivity index (χ1) is 15.4. The van der Waals surface area contributed by atoms with E-state index in [-0.39, 0.29) is 11.5 Å². The molecule has 1 amide bonds. The summed E-state index contributed by atoms with van der Waals surface area (Å²) in [4.78, 5) is 24.4. The topological polar surface area (TPSA) is 79.2 Å². The van der Waals surface area contributed by atoms with Crippen LogP contribution in [0, 0.1) is 0 Å². The van der Waals surface area contributed by atoms with E-state index >= 15 is 0 Å².